The van der Waals surface area contributed by atoms with Crippen LogP contribution in [0.4, 0.5) is 0 Å². The van der Waals surface area contributed by atoms with Crippen molar-refractivity contribution in [1.82, 2.24) is 15.0 Å². The Morgan fingerprint density at radius 1 is 1.11 bits per heavy atom. The number of hydrogen-bond acceptors (Lipinski definition) is 7. The van der Waals surface area contributed by atoms with Crippen molar-refractivity contribution in [3.05, 3.63) is 47.0 Å². The highest BCUT2D eigenvalue weighted by molar-refractivity contribution is 6.33. The SMILES string of the molecule is O=C(O)C1CC=C(c2ccc(-c3nc4nc(O[C@@H]5CO[C@H]6[C@@H]5OC[C@H]6O)[nH]c4cc3Cl)cc2)CC1. The van der Waals surface area contributed by atoms with Gasteiger partial charge >= 0.3 is 5.97 Å². The summed E-state index contributed by atoms with van der Waals surface area (Å²) in [7, 11) is 0. The van der Waals surface area contributed by atoms with Crippen LogP contribution in [-0.4, -0.2) is 68.8 Å². The number of aliphatic carboxylic acids is 1. The molecule has 1 unspecified atom stereocenters. The maximum absolute atomic E-state index is 11.2. The van der Waals surface area contributed by atoms with Gasteiger partial charge in [-0.1, -0.05) is 41.9 Å². The average Bonchev–Trinajstić information content (AvgIpc) is 3.55. The number of halogens is 1. The molecule has 0 spiro atoms. The summed E-state index contributed by atoms with van der Waals surface area (Å²) in [5, 5.41) is 19.6. The molecule has 9 nitrogen and oxygen atoms in total. The number of aromatic nitrogens is 3. The zero-order chi connectivity index (χ0) is 24.1. The number of pyridine rings is 1. The molecule has 0 bridgehead atoms. The van der Waals surface area contributed by atoms with E-state index in [-0.39, 0.29) is 30.8 Å². The zero-order valence-corrected chi connectivity index (χ0v) is 19.4. The number of benzene rings is 1. The van der Waals surface area contributed by atoms with Gasteiger partial charge in [0.2, 0.25) is 0 Å². The number of imidazole rings is 1. The minimum absolute atomic E-state index is 0.231. The normalized spacial score (nSPS) is 28.2. The van der Waals surface area contributed by atoms with Crippen LogP contribution in [0.3, 0.4) is 0 Å². The molecule has 2 fully saturated rings. The van der Waals surface area contributed by atoms with Gasteiger partial charge in [0.05, 0.1) is 35.4 Å². The van der Waals surface area contributed by atoms with Crippen molar-refractivity contribution in [3.63, 3.8) is 0 Å². The minimum Gasteiger partial charge on any atom is -0.481 e. The second-order valence-corrected chi connectivity index (χ2v) is 9.57. The molecule has 3 aliphatic rings. The molecule has 2 aromatic heterocycles. The Labute approximate surface area is 205 Å². The van der Waals surface area contributed by atoms with E-state index in [1.807, 2.05) is 30.3 Å². The quantitative estimate of drug-likeness (QED) is 0.489. The largest absolute Gasteiger partial charge is 0.481 e. The lowest BCUT2D eigenvalue weighted by Gasteiger charge is -2.19. The fourth-order valence-corrected chi connectivity index (χ4v) is 5.27. The number of aliphatic hydroxyl groups is 1. The number of ether oxygens (including phenoxy) is 3. The van der Waals surface area contributed by atoms with Gasteiger partial charge in [0, 0.05) is 5.56 Å². The van der Waals surface area contributed by atoms with E-state index >= 15 is 0 Å². The first kappa shape index (κ1) is 22.5. The fraction of sp³-hybridized carbons (Fsp3) is 0.400. The number of allylic oxidation sites excluding steroid dienone is 2. The van der Waals surface area contributed by atoms with Crippen molar-refractivity contribution >= 4 is 34.3 Å². The summed E-state index contributed by atoms with van der Waals surface area (Å²) in [5.74, 6) is -1.03. The molecule has 4 heterocycles. The molecular formula is C25H24ClN3O6. The molecule has 182 valence electrons. The molecule has 6 rings (SSSR count). The van der Waals surface area contributed by atoms with E-state index in [0.717, 1.165) is 23.1 Å². The van der Waals surface area contributed by atoms with E-state index in [9.17, 15) is 15.0 Å². The Hall–Kier alpha value is -2.98. The molecule has 3 aromatic rings. The van der Waals surface area contributed by atoms with Crippen LogP contribution in [0.25, 0.3) is 28.0 Å². The van der Waals surface area contributed by atoms with Gasteiger partial charge in [0.1, 0.15) is 18.3 Å². The van der Waals surface area contributed by atoms with Gasteiger partial charge in [-0.05, 0) is 36.5 Å². The molecule has 2 aliphatic heterocycles. The molecule has 10 heteroatoms. The van der Waals surface area contributed by atoms with E-state index in [1.54, 1.807) is 6.07 Å². The minimum atomic E-state index is -0.731. The molecule has 0 saturated carbocycles. The number of aromatic amines is 1. The van der Waals surface area contributed by atoms with Crippen molar-refractivity contribution in [2.45, 2.75) is 43.7 Å². The summed E-state index contributed by atoms with van der Waals surface area (Å²) in [6.45, 7) is 0.539. The first-order valence-electron chi connectivity index (χ1n) is 11.6. The molecule has 2 saturated heterocycles. The third kappa shape index (κ3) is 4.18. The van der Waals surface area contributed by atoms with Crippen LogP contribution in [0.1, 0.15) is 24.8 Å². The van der Waals surface area contributed by atoms with Crippen LogP contribution in [0, 0.1) is 5.92 Å². The lowest BCUT2D eigenvalue weighted by Crippen LogP contribution is -2.34. The standard InChI is InChI=1S/C25H24ClN3O6/c26-16-9-17-23(29-25(27-17)35-19-11-34-21-18(30)10-33-22(19)21)28-20(16)14-5-1-12(2-6-14)13-3-7-15(8-4-13)24(31)32/h1-3,5-6,9,15,18-19,21-22,30H,4,7-8,10-11H2,(H,31,32)(H,27,28,29)/t15?,18-,19-,21-,22-/m1/s1. The predicted octanol–water partition coefficient (Wildman–Crippen LogP) is 3.45. The molecule has 0 amide bonds. The number of carbonyl (C=O) groups is 1. The van der Waals surface area contributed by atoms with Crippen molar-refractivity contribution in [3.8, 4) is 17.3 Å². The molecule has 5 atom stereocenters. The van der Waals surface area contributed by atoms with Crippen LogP contribution in [0.5, 0.6) is 6.01 Å². The van der Waals surface area contributed by atoms with Gasteiger partial charge in [0.15, 0.2) is 11.8 Å². The van der Waals surface area contributed by atoms with Gasteiger partial charge in [0.25, 0.3) is 6.01 Å². The van der Waals surface area contributed by atoms with Crippen LogP contribution in [0.15, 0.2) is 36.4 Å². The van der Waals surface area contributed by atoms with E-state index < -0.39 is 12.1 Å². The van der Waals surface area contributed by atoms with Crippen LogP contribution >= 0.6 is 11.6 Å². The highest BCUT2D eigenvalue weighted by Gasteiger charge is 2.48. The Bertz CT molecular complexity index is 1310. The summed E-state index contributed by atoms with van der Waals surface area (Å²) in [4.78, 5) is 23.4. The molecule has 35 heavy (non-hydrogen) atoms. The van der Waals surface area contributed by atoms with E-state index in [2.05, 4.69) is 15.0 Å². The number of carboxylic acid groups (broad SMARTS) is 1. The lowest BCUT2D eigenvalue weighted by molar-refractivity contribution is -0.141. The number of hydrogen-bond donors (Lipinski definition) is 3. The third-order valence-corrected chi connectivity index (χ3v) is 7.23. The number of nitrogens with one attached hydrogen (secondary N) is 1. The van der Waals surface area contributed by atoms with Crippen molar-refractivity contribution < 1.29 is 29.2 Å². The Kier molecular flexibility index (Phi) is 5.72. The second kappa shape index (κ2) is 8.91. The average molecular weight is 498 g/mol. The highest BCUT2D eigenvalue weighted by atomic mass is 35.5. The predicted molar refractivity (Wildman–Crippen MR) is 127 cm³/mol. The molecular weight excluding hydrogens is 474 g/mol. The monoisotopic (exact) mass is 497 g/mol. The van der Waals surface area contributed by atoms with Gasteiger partial charge in [-0.3, -0.25) is 4.79 Å². The van der Waals surface area contributed by atoms with Gasteiger partial charge in [-0.25, -0.2) is 4.98 Å². The van der Waals surface area contributed by atoms with Gasteiger partial charge < -0.3 is 29.4 Å². The van der Waals surface area contributed by atoms with Crippen molar-refractivity contribution in [1.29, 1.82) is 0 Å². The zero-order valence-electron chi connectivity index (χ0n) is 18.7. The first-order valence-corrected chi connectivity index (χ1v) is 12.0. The van der Waals surface area contributed by atoms with Crippen LogP contribution in [0.2, 0.25) is 5.02 Å². The topological polar surface area (TPSA) is 127 Å². The van der Waals surface area contributed by atoms with Gasteiger partial charge in [-0.2, -0.15) is 4.98 Å². The first-order chi connectivity index (χ1) is 17.0. The van der Waals surface area contributed by atoms with Crippen molar-refractivity contribution in [2.24, 2.45) is 5.92 Å². The number of fused-ring (bicyclic) bond motifs is 2. The van der Waals surface area contributed by atoms with E-state index in [1.165, 1.54) is 0 Å². The molecule has 1 aliphatic carbocycles. The Balaban J connectivity index is 1.21. The van der Waals surface area contributed by atoms with Crippen LogP contribution < -0.4 is 4.74 Å². The molecule has 0 radical (unpaired) electrons. The summed E-state index contributed by atoms with van der Waals surface area (Å²) in [6.07, 6.45) is 2.24. The van der Waals surface area contributed by atoms with Crippen LogP contribution in [-0.2, 0) is 14.3 Å². The molecule has 1 aromatic carbocycles. The second-order valence-electron chi connectivity index (χ2n) is 9.17. The Morgan fingerprint density at radius 3 is 2.63 bits per heavy atom. The Morgan fingerprint density at radius 2 is 1.89 bits per heavy atom. The fourth-order valence-electron chi connectivity index (χ4n) is 5.01. The number of carboxylic acids is 1. The summed E-state index contributed by atoms with van der Waals surface area (Å²) < 4.78 is 17.2. The number of nitrogens with zero attached hydrogens (tertiary/aromatic N) is 2. The summed E-state index contributed by atoms with van der Waals surface area (Å²) in [6, 6.07) is 10.0. The number of H-pyrrole nitrogens is 1. The summed E-state index contributed by atoms with van der Waals surface area (Å²) >= 11 is 6.55. The van der Waals surface area contributed by atoms with E-state index in [0.29, 0.717) is 47.3 Å². The lowest BCUT2D eigenvalue weighted by atomic mass is 9.86. The number of aliphatic hydroxyl groups excluding tert-OH is 1. The third-order valence-electron chi connectivity index (χ3n) is 6.94. The maximum Gasteiger partial charge on any atom is 0.306 e. The van der Waals surface area contributed by atoms with E-state index in [4.69, 9.17) is 25.8 Å². The summed E-state index contributed by atoms with van der Waals surface area (Å²) in [5.41, 5.74) is 4.82. The smallest absolute Gasteiger partial charge is 0.306 e. The van der Waals surface area contributed by atoms with Crippen molar-refractivity contribution in [2.75, 3.05) is 13.2 Å². The number of rotatable bonds is 5. The maximum atomic E-state index is 11.2. The molecule has 3 N–H and O–H groups in total. The highest BCUT2D eigenvalue weighted by Crippen LogP contribution is 2.34. The van der Waals surface area contributed by atoms with Gasteiger partial charge in [-0.15, -0.1) is 0 Å².